The first kappa shape index (κ1) is 18.2. The summed E-state index contributed by atoms with van der Waals surface area (Å²) in [4.78, 5) is 46.4. The number of hydrogen-bond acceptors (Lipinski definition) is 5. The molecule has 2 saturated heterocycles. The summed E-state index contributed by atoms with van der Waals surface area (Å²) in [6.07, 6.45) is 3.73. The summed E-state index contributed by atoms with van der Waals surface area (Å²) in [6.45, 7) is 2.99. The van der Waals surface area contributed by atoms with Gasteiger partial charge in [0.2, 0.25) is 11.8 Å². The highest BCUT2D eigenvalue weighted by Crippen LogP contribution is 2.16. The number of anilines is 1. The fourth-order valence-corrected chi connectivity index (χ4v) is 3.45. The summed E-state index contributed by atoms with van der Waals surface area (Å²) in [5.74, 6) is 0.502. The van der Waals surface area contributed by atoms with E-state index in [4.69, 9.17) is 0 Å². The van der Waals surface area contributed by atoms with E-state index in [0.29, 0.717) is 50.5 Å². The Balaban J connectivity index is 1.60. The SMILES string of the molecule is CNc1ncccc1C(=O)N1CCCN(C(=O)CN2CCCC2=O)CC1. The largest absolute Gasteiger partial charge is 0.372 e. The second-order valence-corrected chi connectivity index (χ2v) is 6.59. The molecular formula is C18H25N5O3. The molecule has 2 aliphatic heterocycles. The van der Waals surface area contributed by atoms with E-state index in [-0.39, 0.29) is 24.3 Å². The van der Waals surface area contributed by atoms with Crippen molar-refractivity contribution < 1.29 is 14.4 Å². The molecule has 0 aliphatic carbocycles. The minimum Gasteiger partial charge on any atom is -0.372 e. The van der Waals surface area contributed by atoms with Crippen LogP contribution in [0.4, 0.5) is 5.82 Å². The second-order valence-electron chi connectivity index (χ2n) is 6.59. The van der Waals surface area contributed by atoms with Gasteiger partial charge in [-0.2, -0.15) is 0 Å². The van der Waals surface area contributed by atoms with Crippen LogP contribution >= 0.6 is 0 Å². The van der Waals surface area contributed by atoms with Gasteiger partial charge in [-0.15, -0.1) is 0 Å². The normalized spacial score (nSPS) is 18.0. The lowest BCUT2D eigenvalue weighted by Crippen LogP contribution is -2.43. The molecule has 1 aromatic rings. The van der Waals surface area contributed by atoms with Gasteiger partial charge in [0, 0.05) is 52.4 Å². The molecule has 26 heavy (non-hydrogen) atoms. The van der Waals surface area contributed by atoms with Crippen molar-refractivity contribution in [1.82, 2.24) is 19.7 Å². The first-order valence-electron chi connectivity index (χ1n) is 9.07. The van der Waals surface area contributed by atoms with E-state index in [1.807, 2.05) is 0 Å². The number of amides is 3. The van der Waals surface area contributed by atoms with Gasteiger partial charge in [0.05, 0.1) is 12.1 Å². The molecule has 2 aliphatic rings. The quantitative estimate of drug-likeness (QED) is 0.842. The van der Waals surface area contributed by atoms with Gasteiger partial charge >= 0.3 is 0 Å². The van der Waals surface area contributed by atoms with Crippen LogP contribution in [0.15, 0.2) is 18.3 Å². The maximum absolute atomic E-state index is 12.8. The Kier molecular flexibility index (Phi) is 5.70. The molecule has 0 atom stereocenters. The number of aromatic nitrogens is 1. The van der Waals surface area contributed by atoms with Crippen molar-refractivity contribution in [3.05, 3.63) is 23.9 Å². The molecule has 3 heterocycles. The maximum atomic E-state index is 12.8. The third-order valence-corrected chi connectivity index (χ3v) is 4.91. The van der Waals surface area contributed by atoms with E-state index in [1.54, 1.807) is 40.1 Å². The lowest BCUT2D eigenvalue weighted by molar-refractivity contribution is -0.138. The predicted octanol–water partition coefficient (Wildman–Crippen LogP) is 0.420. The molecular weight excluding hydrogens is 334 g/mol. The van der Waals surface area contributed by atoms with Crippen molar-refractivity contribution in [1.29, 1.82) is 0 Å². The van der Waals surface area contributed by atoms with Gasteiger partial charge in [0.25, 0.3) is 5.91 Å². The number of hydrogen-bond donors (Lipinski definition) is 1. The van der Waals surface area contributed by atoms with Crippen LogP contribution in [0.1, 0.15) is 29.6 Å². The van der Waals surface area contributed by atoms with Crippen LogP contribution in [-0.2, 0) is 9.59 Å². The van der Waals surface area contributed by atoms with Crippen LogP contribution in [0.3, 0.4) is 0 Å². The molecule has 0 spiro atoms. The maximum Gasteiger partial charge on any atom is 0.257 e. The zero-order chi connectivity index (χ0) is 18.5. The van der Waals surface area contributed by atoms with E-state index >= 15 is 0 Å². The number of likely N-dealkylation sites (tertiary alicyclic amines) is 1. The standard InChI is InChI=1S/C18H25N5O3/c1-19-17-14(5-2-7-20-17)18(26)22-10-4-9-21(11-12-22)16(25)13-23-8-3-6-15(23)24/h2,5,7H,3-4,6,8-13H2,1H3,(H,19,20). The number of carbonyl (C=O) groups excluding carboxylic acids is 3. The van der Waals surface area contributed by atoms with Gasteiger partial charge in [0.15, 0.2) is 0 Å². The Morgan fingerprint density at radius 2 is 1.88 bits per heavy atom. The van der Waals surface area contributed by atoms with Crippen molar-refractivity contribution >= 4 is 23.5 Å². The minimum atomic E-state index is -0.0773. The highest BCUT2D eigenvalue weighted by molar-refractivity contribution is 5.98. The van der Waals surface area contributed by atoms with Gasteiger partial charge in [-0.3, -0.25) is 14.4 Å². The molecule has 1 aromatic heterocycles. The average Bonchev–Trinajstić information content (AvgIpc) is 2.92. The van der Waals surface area contributed by atoms with Gasteiger partial charge < -0.3 is 20.0 Å². The fourth-order valence-electron chi connectivity index (χ4n) is 3.45. The first-order valence-corrected chi connectivity index (χ1v) is 9.07. The molecule has 140 valence electrons. The predicted molar refractivity (Wildman–Crippen MR) is 96.7 cm³/mol. The highest BCUT2D eigenvalue weighted by atomic mass is 16.2. The van der Waals surface area contributed by atoms with Gasteiger partial charge in [-0.25, -0.2) is 4.98 Å². The van der Waals surface area contributed by atoms with Crippen LogP contribution in [-0.4, -0.2) is 83.7 Å². The molecule has 8 nitrogen and oxygen atoms in total. The monoisotopic (exact) mass is 359 g/mol. The lowest BCUT2D eigenvalue weighted by atomic mass is 10.2. The minimum absolute atomic E-state index is 0.0353. The molecule has 0 saturated carbocycles. The van der Waals surface area contributed by atoms with Gasteiger partial charge in [0.1, 0.15) is 5.82 Å². The summed E-state index contributed by atoms with van der Waals surface area (Å²) >= 11 is 0. The van der Waals surface area contributed by atoms with E-state index in [2.05, 4.69) is 10.3 Å². The number of nitrogens with zero attached hydrogens (tertiary/aromatic N) is 4. The Bertz CT molecular complexity index is 693. The summed E-state index contributed by atoms with van der Waals surface area (Å²) in [5.41, 5.74) is 0.539. The van der Waals surface area contributed by atoms with Crippen molar-refractivity contribution in [2.24, 2.45) is 0 Å². The van der Waals surface area contributed by atoms with Gasteiger partial charge in [-0.1, -0.05) is 0 Å². The number of pyridine rings is 1. The van der Waals surface area contributed by atoms with Crippen LogP contribution < -0.4 is 5.32 Å². The number of rotatable bonds is 4. The Labute approximate surface area is 153 Å². The lowest BCUT2D eigenvalue weighted by Gasteiger charge is -2.24. The Morgan fingerprint density at radius 3 is 2.62 bits per heavy atom. The molecule has 3 amide bonds. The molecule has 0 aromatic carbocycles. The second kappa shape index (κ2) is 8.16. The third-order valence-electron chi connectivity index (χ3n) is 4.91. The van der Waals surface area contributed by atoms with Gasteiger partial charge in [-0.05, 0) is 25.0 Å². The topological polar surface area (TPSA) is 85.8 Å². The summed E-state index contributed by atoms with van der Waals surface area (Å²) in [7, 11) is 1.74. The van der Waals surface area contributed by atoms with Crippen molar-refractivity contribution in [3.8, 4) is 0 Å². The highest BCUT2D eigenvalue weighted by Gasteiger charge is 2.27. The summed E-state index contributed by atoms with van der Waals surface area (Å²) in [6, 6.07) is 3.50. The van der Waals surface area contributed by atoms with E-state index < -0.39 is 0 Å². The first-order chi connectivity index (χ1) is 12.6. The molecule has 3 rings (SSSR count). The van der Waals surface area contributed by atoms with Crippen LogP contribution in [0.25, 0.3) is 0 Å². The van der Waals surface area contributed by atoms with Crippen molar-refractivity contribution in [2.75, 3.05) is 51.6 Å². The number of carbonyl (C=O) groups is 3. The molecule has 1 N–H and O–H groups in total. The average molecular weight is 359 g/mol. The summed E-state index contributed by atoms with van der Waals surface area (Å²) < 4.78 is 0. The molecule has 8 heteroatoms. The van der Waals surface area contributed by atoms with Crippen molar-refractivity contribution in [3.63, 3.8) is 0 Å². The fraction of sp³-hybridized carbons (Fsp3) is 0.556. The number of nitrogens with one attached hydrogen (secondary N) is 1. The zero-order valence-electron chi connectivity index (χ0n) is 15.1. The molecule has 0 radical (unpaired) electrons. The molecule has 2 fully saturated rings. The Hall–Kier alpha value is -2.64. The Morgan fingerprint density at radius 1 is 1.12 bits per heavy atom. The smallest absolute Gasteiger partial charge is 0.257 e. The molecule has 0 unspecified atom stereocenters. The van der Waals surface area contributed by atoms with Crippen LogP contribution in [0.2, 0.25) is 0 Å². The van der Waals surface area contributed by atoms with Crippen LogP contribution in [0.5, 0.6) is 0 Å². The molecule has 0 bridgehead atoms. The zero-order valence-corrected chi connectivity index (χ0v) is 15.1. The van der Waals surface area contributed by atoms with Crippen molar-refractivity contribution in [2.45, 2.75) is 19.3 Å². The van der Waals surface area contributed by atoms with E-state index in [0.717, 1.165) is 12.8 Å². The third kappa shape index (κ3) is 3.95. The van der Waals surface area contributed by atoms with E-state index in [9.17, 15) is 14.4 Å². The summed E-state index contributed by atoms with van der Waals surface area (Å²) in [5, 5.41) is 2.94. The van der Waals surface area contributed by atoms with E-state index in [1.165, 1.54) is 0 Å². The van der Waals surface area contributed by atoms with Crippen LogP contribution in [0, 0.1) is 0 Å².